The van der Waals surface area contributed by atoms with E-state index in [0.29, 0.717) is 39.1 Å². The number of ether oxygens (including phenoxy) is 1. The molecule has 0 aliphatic carbocycles. The fourth-order valence-electron chi connectivity index (χ4n) is 1.10. The van der Waals surface area contributed by atoms with E-state index in [-0.39, 0.29) is 11.8 Å². The van der Waals surface area contributed by atoms with Gasteiger partial charge in [-0.05, 0) is 13.3 Å². The van der Waals surface area contributed by atoms with Crippen molar-refractivity contribution in [2.45, 2.75) is 33.1 Å². The Morgan fingerprint density at radius 2 is 1.69 bits per heavy atom. The van der Waals surface area contributed by atoms with Crippen LogP contribution in [0, 0.1) is 0 Å². The van der Waals surface area contributed by atoms with E-state index < -0.39 is 0 Å². The molecule has 0 aromatic heterocycles. The molecule has 2 N–H and O–H groups in total. The van der Waals surface area contributed by atoms with E-state index in [1.54, 1.807) is 0 Å². The van der Waals surface area contributed by atoms with Crippen molar-refractivity contribution in [3.8, 4) is 0 Å². The highest BCUT2D eigenvalue weighted by Crippen LogP contribution is 1.86. The zero-order valence-corrected chi connectivity index (χ0v) is 10.2. The molecule has 0 unspecified atom stereocenters. The number of hydrogen-bond donors (Lipinski definition) is 2. The Balaban J connectivity index is 3.33. The first-order valence-corrected chi connectivity index (χ1v) is 5.81. The van der Waals surface area contributed by atoms with Crippen molar-refractivity contribution in [3.05, 3.63) is 0 Å². The summed E-state index contributed by atoms with van der Waals surface area (Å²) in [6.45, 7) is 6.02. The largest absolute Gasteiger partial charge is 0.381 e. The van der Waals surface area contributed by atoms with E-state index in [2.05, 4.69) is 10.6 Å². The summed E-state index contributed by atoms with van der Waals surface area (Å²) in [5.41, 5.74) is 0. The van der Waals surface area contributed by atoms with Gasteiger partial charge in [-0.2, -0.15) is 0 Å². The second-order valence-corrected chi connectivity index (χ2v) is 3.42. The van der Waals surface area contributed by atoms with Crippen molar-refractivity contribution >= 4 is 11.8 Å². The summed E-state index contributed by atoms with van der Waals surface area (Å²) in [6.07, 6.45) is 1.64. The number of carbonyl (C=O) groups is 2. The maximum absolute atomic E-state index is 11.2. The second kappa shape index (κ2) is 10.4. The van der Waals surface area contributed by atoms with Crippen LogP contribution in [0.25, 0.3) is 0 Å². The Kier molecular flexibility index (Phi) is 9.70. The summed E-state index contributed by atoms with van der Waals surface area (Å²) in [6, 6.07) is 0. The predicted octanol–water partition coefficient (Wildman–Crippen LogP) is 0.446. The number of carbonyl (C=O) groups excluding carboxylic acids is 2. The van der Waals surface area contributed by atoms with E-state index >= 15 is 0 Å². The lowest BCUT2D eigenvalue weighted by Crippen LogP contribution is -2.31. The highest BCUT2D eigenvalue weighted by Gasteiger charge is 2.02. The smallest absolute Gasteiger partial charge is 0.222 e. The van der Waals surface area contributed by atoms with Gasteiger partial charge in [-0.25, -0.2) is 0 Å². The summed E-state index contributed by atoms with van der Waals surface area (Å²) in [4.78, 5) is 22.3. The number of rotatable bonds is 9. The first-order chi connectivity index (χ1) is 7.70. The van der Waals surface area contributed by atoms with Gasteiger partial charge in [0.1, 0.15) is 0 Å². The van der Waals surface area contributed by atoms with E-state index in [1.165, 1.54) is 0 Å². The van der Waals surface area contributed by atoms with Crippen LogP contribution in [0.4, 0.5) is 0 Å². The first-order valence-electron chi connectivity index (χ1n) is 5.81. The predicted molar refractivity (Wildman–Crippen MR) is 62.0 cm³/mol. The van der Waals surface area contributed by atoms with Crippen molar-refractivity contribution < 1.29 is 14.3 Å². The molecule has 5 heteroatoms. The first kappa shape index (κ1) is 14.9. The van der Waals surface area contributed by atoms with Gasteiger partial charge in [-0.1, -0.05) is 6.92 Å². The third kappa shape index (κ3) is 9.45. The average Bonchev–Trinajstić information content (AvgIpc) is 2.25. The summed E-state index contributed by atoms with van der Waals surface area (Å²) in [7, 11) is 0. The van der Waals surface area contributed by atoms with Crippen molar-refractivity contribution in [3.63, 3.8) is 0 Å². The minimum absolute atomic E-state index is 0.0370. The maximum Gasteiger partial charge on any atom is 0.222 e. The topological polar surface area (TPSA) is 67.4 Å². The van der Waals surface area contributed by atoms with Gasteiger partial charge in [0.2, 0.25) is 11.8 Å². The SMILES string of the molecule is CCCOCCC(=O)NCCC(=O)NCC. The molecule has 0 spiro atoms. The molecule has 0 fully saturated rings. The molecule has 16 heavy (non-hydrogen) atoms. The van der Waals surface area contributed by atoms with Gasteiger partial charge >= 0.3 is 0 Å². The fraction of sp³-hybridized carbons (Fsp3) is 0.818. The van der Waals surface area contributed by atoms with Gasteiger partial charge in [0.05, 0.1) is 6.61 Å². The van der Waals surface area contributed by atoms with Crippen molar-refractivity contribution in [1.29, 1.82) is 0 Å². The molecular formula is C11H22N2O3. The molecule has 0 saturated heterocycles. The molecule has 0 aliphatic heterocycles. The van der Waals surface area contributed by atoms with E-state index in [1.807, 2.05) is 13.8 Å². The van der Waals surface area contributed by atoms with Crippen LogP contribution in [0.1, 0.15) is 33.1 Å². The van der Waals surface area contributed by atoms with Crippen molar-refractivity contribution in [1.82, 2.24) is 10.6 Å². The molecule has 0 saturated carbocycles. The molecule has 94 valence electrons. The minimum Gasteiger partial charge on any atom is -0.381 e. The van der Waals surface area contributed by atoms with Gasteiger partial charge in [0.15, 0.2) is 0 Å². The zero-order chi connectivity index (χ0) is 12.2. The lowest BCUT2D eigenvalue weighted by Gasteiger charge is -2.05. The van der Waals surface area contributed by atoms with Gasteiger partial charge in [-0.15, -0.1) is 0 Å². The molecule has 5 nitrogen and oxygen atoms in total. The van der Waals surface area contributed by atoms with Crippen LogP contribution in [0.3, 0.4) is 0 Å². The van der Waals surface area contributed by atoms with Gasteiger partial charge in [-0.3, -0.25) is 9.59 Å². The standard InChI is InChI=1S/C11H22N2O3/c1-3-8-16-9-6-11(15)13-7-5-10(14)12-4-2/h3-9H2,1-2H3,(H,12,14)(H,13,15). The lowest BCUT2D eigenvalue weighted by molar-refractivity contribution is -0.122. The highest BCUT2D eigenvalue weighted by atomic mass is 16.5. The Bertz CT molecular complexity index is 207. The molecule has 0 aliphatic rings. The van der Waals surface area contributed by atoms with Crippen LogP contribution in [0.15, 0.2) is 0 Å². The number of amides is 2. The summed E-state index contributed by atoms with van der Waals surface area (Å²) >= 11 is 0. The quantitative estimate of drug-likeness (QED) is 0.565. The molecule has 2 amide bonds. The average molecular weight is 230 g/mol. The second-order valence-electron chi connectivity index (χ2n) is 3.42. The summed E-state index contributed by atoms with van der Waals surface area (Å²) < 4.78 is 5.18. The van der Waals surface area contributed by atoms with Crippen LogP contribution in [-0.4, -0.2) is 38.1 Å². The maximum atomic E-state index is 11.2. The monoisotopic (exact) mass is 230 g/mol. The minimum atomic E-state index is -0.0691. The molecule has 0 aromatic carbocycles. The molecular weight excluding hydrogens is 208 g/mol. The fourth-order valence-corrected chi connectivity index (χ4v) is 1.10. The van der Waals surface area contributed by atoms with Gasteiger partial charge in [0, 0.05) is 32.5 Å². The molecule has 0 rings (SSSR count). The van der Waals surface area contributed by atoms with Crippen LogP contribution in [0.2, 0.25) is 0 Å². The third-order valence-corrected chi connectivity index (χ3v) is 1.87. The Morgan fingerprint density at radius 3 is 2.31 bits per heavy atom. The lowest BCUT2D eigenvalue weighted by atomic mass is 10.3. The summed E-state index contributed by atoms with van der Waals surface area (Å²) in [5.74, 6) is -0.106. The molecule has 0 radical (unpaired) electrons. The summed E-state index contributed by atoms with van der Waals surface area (Å²) in [5, 5.41) is 5.33. The van der Waals surface area contributed by atoms with E-state index in [0.717, 1.165) is 6.42 Å². The Hall–Kier alpha value is -1.10. The number of hydrogen-bond acceptors (Lipinski definition) is 3. The van der Waals surface area contributed by atoms with Crippen molar-refractivity contribution in [2.75, 3.05) is 26.3 Å². The van der Waals surface area contributed by atoms with Crippen LogP contribution >= 0.6 is 0 Å². The highest BCUT2D eigenvalue weighted by molar-refractivity contribution is 5.78. The van der Waals surface area contributed by atoms with Crippen LogP contribution in [-0.2, 0) is 14.3 Å². The van der Waals surface area contributed by atoms with Gasteiger partial charge in [0.25, 0.3) is 0 Å². The number of nitrogens with one attached hydrogen (secondary N) is 2. The van der Waals surface area contributed by atoms with Crippen LogP contribution in [0.5, 0.6) is 0 Å². The van der Waals surface area contributed by atoms with E-state index in [9.17, 15) is 9.59 Å². The third-order valence-electron chi connectivity index (χ3n) is 1.87. The molecule has 0 heterocycles. The van der Waals surface area contributed by atoms with Crippen LogP contribution < -0.4 is 10.6 Å². The Labute approximate surface area is 96.9 Å². The van der Waals surface area contributed by atoms with Gasteiger partial charge < -0.3 is 15.4 Å². The normalized spacial score (nSPS) is 9.88. The zero-order valence-electron chi connectivity index (χ0n) is 10.2. The molecule has 0 bridgehead atoms. The van der Waals surface area contributed by atoms with Crippen molar-refractivity contribution in [2.24, 2.45) is 0 Å². The molecule has 0 atom stereocenters. The Morgan fingerprint density at radius 1 is 1.00 bits per heavy atom. The molecule has 0 aromatic rings. The van der Waals surface area contributed by atoms with E-state index in [4.69, 9.17) is 4.74 Å².